The van der Waals surface area contributed by atoms with Crippen molar-refractivity contribution in [3.05, 3.63) is 47.0 Å². The molecule has 0 saturated carbocycles. The summed E-state index contributed by atoms with van der Waals surface area (Å²) in [4.78, 5) is 20.9. The summed E-state index contributed by atoms with van der Waals surface area (Å²) in [6, 6.07) is 7.76. The van der Waals surface area contributed by atoms with Crippen molar-refractivity contribution in [3.8, 4) is 0 Å². The largest absolute Gasteiger partial charge is 0.340 e. The van der Waals surface area contributed by atoms with E-state index in [2.05, 4.69) is 34.3 Å². The van der Waals surface area contributed by atoms with Crippen LogP contribution in [0.5, 0.6) is 0 Å². The quantitative estimate of drug-likeness (QED) is 0.668. The fourth-order valence-electron chi connectivity index (χ4n) is 3.55. The minimum absolute atomic E-state index is 0.120. The summed E-state index contributed by atoms with van der Waals surface area (Å²) < 4.78 is 0. The molecule has 0 radical (unpaired) electrons. The summed E-state index contributed by atoms with van der Waals surface area (Å²) in [5.41, 5.74) is 4.62. The van der Waals surface area contributed by atoms with Gasteiger partial charge in [-0.1, -0.05) is 32.4 Å². The van der Waals surface area contributed by atoms with Gasteiger partial charge < -0.3 is 10.3 Å². The Hall–Kier alpha value is -2.63. The van der Waals surface area contributed by atoms with Crippen LogP contribution in [0.1, 0.15) is 60.3 Å². The average Bonchev–Trinajstić information content (AvgIpc) is 3.32. The topological polar surface area (TPSA) is 86.5 Å². The molecule has 0 spiro atoms. The molecule has 0 saturated heterocycles. The molecule has 0 aliphatic heterocycles. The molecule has 1 amide bonds. The maximum Gasteiger partial charge on any atom is 0.272 e. The van der Waals surface area contributed by atoms with Gasteiger partial charge in [0, 0.05) is 11.3 Å². The highest BCUT2D eigenvalue weighted by Gasteiger charge is 2.28. The van der Waals surface area contributed by atoms with E-state index in [4.69, 9.17) is 4.98 Å². The minimum Gasteiger partial charge on any atom is -0.340 e. The van der Waals surface area contributed by atoms with E-state index in [0.29, 0.717) is 5.69 Å². The number of carbonyl (C=O) groups is 1. The molecular weight excluding hydrogens is 314 g/mol. The highest BCUT2D eigenvalue weighted by molar-refractivity contribution is 5.94. The number of benzene rings is 1. The molecule has 1 aliphatic rings. The van der Waals surface area contributed by atoms with Crippen molar-refractivity contribution < 1.29 is 4.79 Å². The van der Waals surface area contributed by atoms with Crippen LogP contribution in [0.4, 0.5) is 0 Å². The number of amides is 1. The smallest absolute Gasteiger partial charge is 0.272 e. The second-order valence-electron chi connectivity index (χ2n) is 6.86. The number of rotatable bonds is 5. The van der Waals surface area contributed by atoms with Gasteiger partial charge in [-0.25, -0.2) is 4.98 Å². The van der Waals surface area contributed by atoms with E-state index in [-0.39, 0.29) is 17.9 Å². The zero-order valence-electron chi connectivity index (χ0n) is 14.6. The Kier molecular flexibility index (Phi) is 4.03. The molecule has 6 nitrogen and oxygen atoms in total. The van der Waals surface area contributed by atoms with Crippen molar-refractivity contribution in [2.24, 2.45) is 5.92 Å². The molecule has 130 valence electrons. The van der Waals surface area contributed by atoms with Crippen LogP contribution in [-0.4, -0.2) is 26.1 Å². The van der Waals surface area contributed by atoms with E-state index >= 15 is 0 Å². The number of nitrogens with one attached hydrogen (secondary N) is 3. The number of hydrogen-bond acceptors (Lipinski definition) is 3. The van der Waals surface area contributed by atoms with Crippen molar-refractivity contribution in [1.82, 2.24) is 25.5 Å². The van der Waals surface area contributed by atoms with Crippen LogP contribution >= 0.6 is 0 Å². The van der Waals surface area contributed by atoms with E-state index in [1.54, 1.807) is 0 Å². The zero-order chi connectivity index (χ0) is 17.4. The summed E-state index contributed by atoms with van der Waals surface area (Å²) in [5.74, 6) is 0.942. The second-order valence-corrected chi connectivity index (χ2v) is 6.86. The van der Waals surface area contributed by atoms with Crippen LogP contribution in [0.25, 0.3) is 11.0 Å². The summed E-state index contributed by atoms with van der Waals surface area (Å²) in [6.07, 6.45) is 3.93. The van der Waals surface area contributed by atoms with E-state index in [1.165, 1.54) is 0 Å². The Bertz CT molecular complexity index is 877. The molecule has 3 N–H and O–H groups in total. The Morgan fingerprint density at radius 2 is 2.16 bits per heavy atom. The van der Waals surface area contributed by atoms with Crippen LogP contribution in [0, 0.1) is 5.92 Å². The second kappa shape index (κ2) is 6.35. The third-order valence-electron chi connectivity index (χ3n) is 5.22. The number of H-pyrrole nitrogens is 2. The average molecular weight is 337 g/mol. The number of hydrogen-bond donors (Lipinski definition) is 3. The van der Waals surface area contributed by atoms with Gasteiger partial charge in [-0.05, 0) is 37.3 Å². The zero-order valence-corrected chi connectivity index (χ0v) is 14.6. The first-order valence-corrected chi connectivity index (χ1v) is 8.99. The molecule has 0 unspecified atom stereocenters. The van der Waals surface area contributed by atoms with Crippen LogP contribution in [0.3, 0.4) is 0 Å². The number of carbonyl (C=O) groups excluding carboxylic acids is 1. The molecular formula is C19H23N5O. The number of fused-ring (bicyclic) bond motifs is 2. The number of imidazole rings is 1. The number of nitrogens with zero attached hydrogens (tertiary/aromatic N) is 2. The Balaban J connectivity index is 1.64. The molecule has 1 aromatic carbocycles. The lowest BCUT2D eigenvalue weighted by Gasteiger charge is -2.22. The molecule has 0 bridgehead atoms. The first kappa shape index (κ1) is 15.9. The van der Waals surface area contributed by atoms with Gasteiger partial charge >= 0.3 is 0 Å². The number of aromatic amines is 2. The molecule has 25 heavy (non-hydrogen) atoms. The molecule has 6 heteroatoms. The van der Waals surface area contributed by atoms with Crippen LogP contribution in [0.15, 0.2) is 24.3 Å². The highest BCUT2D eigenvalue weighted by Crippen LogP contribution is 2.27. The molecule has 4 rings (SSSR count). The fraction of sp³-hybridized carbons (Fsp3) is 0.421. The molecule has 1 aliphatic carbocycles. The van der Waals surface area contributed by atoms with E-state index < -0.39 is 0 Å². The summed E-state index contributed by atoms with van der Waals surface area (Å²) in [7, 11) is 0. The van der Waals surface area contributed by atoms with E-state index in [1.807, 2.05) is 24.3 Å². The molecule has 3 aromatic rings. The highest BCUT2D eigenvalue weighted by atomic mass is 16.2. The van der Waals surface area contributed by atoms with Crippen LogP contribution in [0.2, 0.25) is 0 Å². The monoisotopic (exact) mass is 337 g/mol. The predicted octanol–water partition coefficient (Wildman–Crippen LogP) is 3.29. The van der Waals surface area contributed by atoms with Crippen molar-refractivity contribution in [2.75, 3.05) is 0 Å². The Labute approximate surface area is 146 Å². The molecule has 2 atom stereocenters. The third kappa shape index (κ3) is 2.81. The van der Waals surface area contributed by atoms with Crippen molar-refractivity contribution in [2.45, 2.75) is 45.6 Å². The minimum atomic E-state index is -0.168. The van der Waals surface area contributed by atoms with Crippen LogP contribution in [-0.2, 0) is 12.8 Å². The summed E-state index contributed by atoms with van der Waals surface area (Å²) in [5, 5.41) is 10.4. The van der Waals surface area contributed by atoms with E-state index in [9.17, 15) is 4.79 Å². The van der Waals surface area contributed by atoms with Gasteiger partial charge in [0.15, 0.2) is 5.69 Å². The molecule has 2 aromatic heterocycles. The Morgan fingerprint density at radius 1 is 1.32 bits per heavy atom. The summed E-state index contributed by atoms with van der Waals surface area (Å²) >= 11 is 0. The maximum atomic E-state index is 12.8. The number of para-hydroxylation sites is 2. The van der Waals surface area contributed by atoms with Gasteiger partial charge in [-0.3, -0.25) is 9.89 Å². The van der Waals surface area contributed by atoms with E-state index in [0.717, 1.165) is 53.8 Å². The lowest BCUT2D eigenvalue weighted by atomic mass is 9.98. The fourth-order valence-corrected chi connectivity index (χ4v) is 3.55. The third-order valence-corrected chi connectivity index (χ3v) is 5.22. The van der Waals surface area contributed by atoms with Gasteiger partial charge in [0.1, 0.15) is 5.82 Å². The first-order chi connectivity index (χ1) is 12.2. The summed E-state index contributed by atoms with van der Waals surface area (Å²) in [6.45, 7) is 4.26. The van der Waals surface area contributed by atoms with Gasteiger partial charge in [-0.15, -0.1) is 0 Å². The Morgan fingerprint density at radius 3 is 2.96 bits per heavy atom. The van der Waals surface area contributed by atoms with Crippen molar-refractivity contribution in [3.63, 3.8) is 0 Å². The first-order valence-electron chi connectivity index (χ1n) is 8.99. The lowest BCUT2D eigenvalue weighted by Crippen LogP contribution is -2.34. The number of aryl methyl sites for hydroxylation is 1. The SMILES string of the molecule is CC[C@@H](C)[C@H](NC(=O)c1n[nH]c2c1CCC2)c1nc2ccccc2[nH]1. The normalized spacial score (nSPS) is 15.9. The van der Waals surface area contributed by atoms with Crippen LogP contribution < -0.4 is 5.32 Å². The van der Waals surface area contributed by atoms with Gasteiger partial charge in [-0.2, -0.15) is 5.10 Å². The predicted molar refractivity (Wildman–Crippen MR) is 96.4 cm³/mol. The van der Waals surface area contributed by atoms with Gasteiger partial charge in [0.25, 0.3) is 5.91 Å². The van der Waals surface area contributed by atoms with Gasteiger partial charge in [0.2, 0.25) is 0 Å². The maximum absolute atomic E-state index is 12.8. The molecule has 2 heterocycles. The van der Waals surface area contributed by atoms with Gasteiger partial charge in [0.05, 0.1) is 17.1 Å². The number of aromatic nitrogens is 4. The standard InChI is InChI=1S/C19H23N5O/c1-3-11(2)16(18-20-14-8-4-5-9-15(14)21-18)22-19(25)17-12-7-6-10-13(12)23-24-17/h4-5,8-9,11,16H,3,6-7,10H2,1-2H3,(H,20,21)(H,22,25)(H,23,24)/t11-,16+/m1/s1. The molecule has 0 fully saturated rings. The lowest BCUT2D eigenvalue weighted by molar-refractivity contribution is 0.0914. The van der Waals surface area contributed by atoms with Crippen molar-refractivity contribution in [1.29, 1.82) is 0 Å². The van der Waals surface area contributed by atoms with Crippen molar-refractivity contribution >= 4 is 16.9 Å².